The average Bonchev–Trinajstić information content (AvgIpc) is 2.70. The van der Waals surface area contributed by atoms with Gasteiger partial charge in [0.25, 0.3) is 0 Å². The van der Waals surface area contributed by atoms with Crippen LogP contribution in [-0.2, 0) is 22.6 Å². The molecule has 0 aliphatic rings. The molecule has 2 aromatic rings. The zero-order valence-electron chi connectivity index (χ0n) is 18.0. The number of rotatable bonds is 9. The molecule has 1 N–H and O–H groups in total. The molecule has 30 heavy (non-hydrogen) atoms. The van der Waals surface area contributed by atoms with Crippen LogP contribution in [0.4, 0.5) is 0 Å². The fraction of sp³-hybridized carbons (Fsp3) is 0.417. The van der Waals surface area contributed by atoms with Crippen LogP contribution in [-0.4, -0.2) is 29.3 Å². The van der Waals surface area contributed by atoms with E-state index in [4.69, 9.17) is 23.2 Å². The van der Waals surface area contributed by atoms with Gasteiger partial charge in [-0.3, -0.25) is 9.59 Å². The molecule has 6 heteroatoms. The molecule has 0 saturated carbocycles. The van der Waals surface area contributed by atoms with E-state index in [2.05, 4.69) is 5.32 Å². The van der Waals surface area contributed by atoms with Crippen LogP contribution in [0.5, 0.6) is 0 Å². The Bertz CT molecular complexity index is 866. The molecule has 2 amide bonds. The van der Waals surface area contributed by atoms with Crippen LogP contribution in [0, 0.1) is 12.8 Å². The van der Waals surface area contributed by atoms with Crippen molar-refractivity contribution in [2.45, 2.75) is 53.1 Å². The summed E-state index contributed by atoms with van der Waals surface area (Å²) in [5.41, 5.74) is 2.89. The van der Waals surface area contributed by atoms with Crippen molar-refractivity contribution in [3.05, 3.63) is 69.2 Å². The van der Waals surface area contributed by atoms with E-state index >= 15 is 0 Å². The molecule has 2 aromatic carbocycles. The minimum absolute atomic E-state index is 0.100. The van der Waals surface area contributed by atoms with E-state index in [1.165, 1.54) is 0 Å². The van der Waals surface area contributed by atoms with Crippen molar-refractivity contribution < 1.29 is 9.59 Å². The van der Waals surface area contributed by atoms with Gasteiger partial charge in [-0.25, -0.2) is 0 Å². The SMILES string of the molecule is CC[C@@H](C(=O)NCC(C)C)N(Cc1ccc(Cl)c(Cl)c1)C(=O)Cc1ccc(C)cc1. The molecule has 2 rings (SSSR count). The lowest BCUT2D eigenvalue weighted by Gasteiger charge is -2.31. The highest BCUT2D eigenvalue weighted by Gasteiger charge is 2.28. The minimum Gasteiger partial charge on any atom is -0.354 e. The zero-order valence-corrected chi connectivity index (χ0v) is 19.6. The van der Waals surface area contributed by atoms with E-state index in [9.17, 15) is 9.59 Å². The first-order valence-electron chi connectivity index (χ1n) is 10.3. The topological polar surface area (TPSA) is 49.4 Å². The second-order valence-corrected chi connectivity index (χ2v) is 8.81. The molecule has 1 atom stereocenters. The van der Waals surface area contributed by atoms with Gasteiger partial charge in [0.15, 0.2) is 0 Å². The van der Waals surface area contributed by atoms with Gasteiger partial charge in [-0.1, -0.05) is 79.9 Å². The molecule has 0 spiro atoms. The van der Waals surface area contributed by atoms with Gasteiger partial charge in [0.05, 0.1) is 16.5 Å². The number of nitrogens with one attached hydrogen (secondary N) is 1. The van der Waals surface area contributed by atoms with E-state index in [0.29, 0.717) is 28.9 Å². The third kappa shape index (κ3) is 7.03. The zero-order chi connectivity index (χ0) is 22.3. The summed E-state index contributed by atoms with van der Waals surface area (Å²) in [6, 6.07) is 12.6. The standard InChI is InChI=1S/C24H30Cl2N2O2/c1-5-22(24(30)27-14-16(2)3)28(15-19-10-11-20(25)21(26)12-19)23(29)13-18-8-6-17(4)7-9-18/h6-12,16,22H,5,13-15H2,1-4H3,(H,27,30)/t22-/m0/s1. The molecule has 0 saturated heterocycles. The molecule has 0 aliphatic carbocycles. The third-order valence-electron chi connectivity index (χ3n) is 4.88. The molecule has 0 radical (unpaired) electrons. The Hall–Kier alpha value is -2.04. The Morgan fingerprint density at radius 2 is 1.63 bits per heavy atom. The maximum atomic E-state index is 13.3. The first-order valence-corrected chi connectivity index (χ1v) is 11.0. The molecular weight excluding hydrogens is 419 g/mol. The van der Waals surface area contributed by atoms with Gasteiger partial charge in [0.2, 0.25) is 11.8 Å². The van der Waals surface area contributed by atoms with Crippen LogP contribution in [0.2, 0.25) is 10.0 Å². The highest BCUT2D eigenvalue weighted by Crippen LogP contribution is 2.24. The number of hydrogen-bond acceptors (Lipinski definition) is 2. The fourth-order valence-electron chi connectivity index (χ4n) is 3.16. The summed E-state index contributed by atoms with van der Waals surface area (Å²) < 4.78 is 0. The minimum atomic E-state index is -0.559. The van der Waals surface area contributed by atoms with Crippen LogP contribution in [0.25, 0.3) is 0 Å². The molecule has 0 aromatic heterocycles. The predicted octanol–water partition coefficient (Wildman–Crippen LogP) is 5.42. The summed E-state index contributed by atoms with van der Waals surface area (Å²) in [5, 5.41) is 3.85. The summed E-state index contributed by atoms with van der Waals surface area (Å²) in [5.74, 6) is 0.0956. The predicted molar refractivity (Wildman–Crippen MR) is 124 cm³/mol. The van der Waals surface area contributed by atoms with Crippen molar-refractivity contribution >= 4 is 35.0 Å². The van der Waals surface area contributed by atoms with E-state index in [1.807, 2.05) is 58.0 Å². The largest absolute Gasteiger partial charge is 0.354 e. The van der Waals surface area contributed by atoms with Gasteiger partial charge < -0.3 is 10.2 Å². The quantitative estimate of drug-likeness (QED) is 0.556. The van der Waals surface area contributed by atoms with Crippen molar-refractivity contribution in [2.24, 2.45) is 5.92 Å². The lowest BCUT2D eigenvalue weighted by molar-refractivity contribution is -0.141. The van der Waals surface area contributed by atoms with Crippen LogP contribution in [0.1, 0.15) is 43.9 Å². The Morgan fingerprint density at radius 1 is 1.00 bits per heavy atom. The maximum Gasteiger partial charge on any atom is 0.242 e. The fourth-order valence-corrected chi connectivity index (χ4v) is 3.48. The lowest BCUT2D eigenvalue weighted by atomic mass is 10.1. The van der Waals surface area contributed by atoms with Gasteiger partial charge in [0, 0.05) is 13.1 Å². The van der Waals surface area contributed by atoms with Gasteiger partial charge >= 0.3 is 0 Å². The van der Waals surface area contributed by atoms with Crippen molar-refractivity contribution in [3.63, 3.8) is 0 Å². The molecule has 162 valence electrons. The van der Waals surface area contributed by atoms with Gasteiger partial charge in [0.1, 0.15) is 6.04 Å². The summed E-state index contributed by atoms with van der Waals surface area (Å²) in [7, 11) is 0. The van der Waals surface area contributed by atoms with Gasteiger partial charge in [-0.05, 0) is 42.5 Å². The number of hydrogen-bond donors (Lipinski definition) is 1. The van der Waals surface area contributed by atoms with Gasteiger partial charge in [-0.2, -0.15) is 0 Å². The third-order valence-corrected chi connectivity index (χ3v) is 5.62. The maximum absolute atomic E-state index is 13.3. The number of carbonyl (C=O) groups excluding carboxylic acids is 2. The normalized spacial score (nSPS) is 12.0. The lowest BCUT2D eigenvalue weighted by Crippen LogP contribution is -2.50. The average molecular weight is 449 g/mol. The molecule has 0 aliphatic heterocycles. The van der Waals surface area contributed by atoms with Gasteiger partial charge in [-0.15, -0.1) is 0 Å². The highest BCUT2D eigenvalue weighted by atomic mass is 35.5. The summed E-state index contributed by atoms with van der Waals surface area (Å²) >= 11 is 12.2. The highest BCUT2D eigenvalue weighted by molar-refractivity contribution is 6.42. The molecule has 0 unspecified atom stereocenters. The van der Waals surface area contributed by atoms with E-state index in [0.717, 1.165) is 16.7 Å². The Morgan fingerprint density at radius 3 is 2.20 bits per heavy atom. The summed E-state index contributed by atoms with van der Waals surface area (Å²) in [6.07, 6.45) is 0.750. The van der Waals surface area contributed by atoms with Crippen LogP contribution < -0.4 is 5.32 Å². The summed E-state index contributed by atoms with van der Waals surface area (Å²) in [6.45, 7) is 8.86. The van der Waals surface area contributed by atoms with Crippen LogP contribution in [0.15, 0.2) is 42.5 Å². The number of benzene rings is 2. The monoisotopic (exact) mass is 448 g/mol. The van der Waals surface area contributed by atoms with Crippen molar-refractivity contribution in [2.75, 3.05) is 6.54 Å². The Labute approximate surface area is 189 Å². The van der Waals surface area contributed by atoms with E-state index in [1.54, 1.807) is 17.0 Å². The molecule has 0 heterocycles. The molecule has 0 bridgehead atoms. The Kier molecular flexibility index (Phi) is 9.19. The molecule has 0 fully saturated rings. The summed E-state index contributed by atoms with van der Waals surface area (Å²) in [4.78, 5) is 27.8. The number of nitrogens with zero attached hydrogens (tertiary/aromatic N) is 1. The second-order valence-electron chi connectivity index (χ2n) is 8.00. The van der Waals surface area contributed by atoms with Crippen LogP contribution >= 0.6 is 23.2 Å². The van der Waals surface area contributed by atoms with Crippen molar-refractivity contribution in [1.82, 2.24) is 10.2 Å². The van der Waals surface area contributed by atoms with Crippen molar-refractivity contribution in [3.8, 4) is 0 Å². The molecular formula is C24H30Cl2N2O2. The molecule has 4 nitrogen and oxygen atoms in total. The Balaban J connectivity index is 2.28. The first kappa shape index (κ1) is 24.2. The second kappa shape index (κ2) is 11.4. The number of halogens is 2. The smallest absolute Gasteiger partial charge is 0.242 e. The number of carbonyl (C=O) groups is 2. The van der Waals surface area contributed by atoms with E-state index in [-0.39, 0.29) is 24.8 Å². The number of amides is 2. The number of aryl methyl sites for hydroxylation is 1. The van der Waals surface area contributed by atoms with Crippen LogP contribution in [0.3, 0.4) is 0 Å². The van der Waals surface area contributed by atoms with Crippen molar-refractivity contribution in [1.29, 1.82) is 0 Å². The van der Waals surface area contributed by atoms with E-state index < -0.39 is 6.04 Å². The first-order chi connectivity index (χ1) is 14.2.